The fourth-order valence-corrected chi connectivity index (χ4v) is 1.33. The van der Waals surface area contributed by atoms with Gasteiger partial charge in [-0.3, -0.25) is 9.69 Å². The first kappa shape index (κ1) is 10.5. The van der Waals surface area contributed by atoms with E-state index >= 15 is 0 Å². The average molecular weight is 187 g/mol. The number of ether oxygens (including phenoxy) is 1. The molecule has 0 bridgehead atoms. The summed E-state index contributed by atoms with van der Waals surface area (Å²) < 4.78 is 5.35. The molecular formula is C9H17NO3. The van der Waals surface area contributed by atoms with Gasteiger partial charge in [-0.1, -0.05) is 0 Å². The van der Waals surface area contributed by atoms with Crippen LogP contribution in [0.2, 0.25) is 0 Å². The molecule has 0 amide bonds. The topological polar surface area (TPSA) is 49.8 Å². The number of carboxylic acids is 1. The Morgan fingerprint density at radius 3 is 2.69 bits per heavy atom. The van der Waals surface area contributed by atoms with E-state index in [2.05, 4.69) is 4.90 Å². The number of carbonyl (C=O) groups is 1. The summed E-state index contributed by atoms with van der Waals surface area (Å²) in [6.45, 7) is 6.89. The van der Waals surface area contributed by atoms with E-state index in [0.717, 1.165) is 6.54 Å². The van der Waals surface area contributed by atoms with Gasteiger partial charge < -0.3 is 9.84 Å². The average Bonchev–Trinajstić information content (AvgIpc) is 1.92. The Kier molecular flexibility index (Phi) is 3.69. The number of likely N-dealkylation sites (tertiary alicyclic amines) is 1. The van der Waals surface area contributed by atoms with Crippen LogP contribution in [0.1, 0.15) is 13.8 Å². The molecule has 13 heavy (non-hydrogen) atoms. The van der Waals surface area contributed by atoms with Gasteiger partial charge in [-0.15, -0.1) is 0 Å². The monoisotopic (exact) mass is 187 g/mol. The van der Waals surface area contributed by atoms with Gasteiger partial charge in [0.1, 0.15) is 0 Å². The molecule has 0 aromatic heterocycles. The molecule has 0 atom stereocenters. The van der Waals surface area contributed by atoms with Crippen LogP contribution in [0.5, 0.6) is 0 Å². The summed E-state index contributed by atoms with van der Waals surface area (Å²) in [5, 5.41) is 8.61. The highest BCUT2D eigenvalue weighted by Crippen LogP contribution is 2.14. The van der Waals surface area contributed by atoms with Crippen LogP contribution in [0.4, 0.5) is 0 Å². The van der Waals surface area contributed by atoms with Crippen molar-refractivity contribution < 1.29 is 14.6 Å². The van der Waals surface area contributed by atoms with Gasteiger partial charge in [0.2, 0.25) is 0 Å². The summed E-state index contributed by atoms with van der Waals surface area (Å²) >= 11 is 0. The second-order valence-corrected chi connectivity index (χ2v) is 3.71. The Hall–Kier alpha value is -0.610. The minimum absolute atomic E-state index is 0.154. The van der Waals surface area contributed by atoms with Gasteiger partial charge in [0.15, 0.2) is 0 Å². The Bertz CT molecular complexity index is 176. The third-order valence-electron chi connectivity index (χ3n) is 2.17. The van der Waals surface area contributed by atoms with Gasteiger partial charge in [-0.05, 0) is 13.8 Å². The minimum Gasteiger partial charge on any atom is -0.481 e. The van der Waals surface area contributed by atoms with Gasteiger partial charge in [0, 0.05) is 19.6 Å². The molecule has 1 rings (SSSR count). The molecule has 1 fully saturated rings. The number of carboxylic acid groups (broad SMARTS) is 1. The van der Waals surface area contributed by atoms with E-state index in [9.17, 15) is 4.79 Å². The molecule has 4 nitrogen and oxygen atoms in total. The van der Waals surface area contributed by atoms with Gasteiger partial charge in [0.25, 0.3) is 0 Å². The minimum atomic E-state index is -0.680. The fraction of sp³-hybridized carbons (Fsp3) is 0.889. The molecule has 0 aliphatic carbocycles. The molecule has 0 unspecified atom stereocenters. The Labute approximate surface area is 78.5 Å². The first-order valence-electron chi connectivity index (χ1n) is 4.66. The highest BCUT2D eigenvalue weighted by molar-refractivity contribution is 5.71. The van der Waals surface area contributed by atoms with Gasteiger partial charge in [0.05, 0.1) is 18.6 Å². The normalized spacial score (nSPS) is 19.0. The van der Waals surface area contributed by atoms with Crippen molar-refractivity contribution in [3.63, 3.8) is 0 Å². The van der Waals surface area contributed by atoms with E-state index in [1.54, 1.807) is 0 Å². The standard InChI is InChI=1S/C9H17NO3/c1-7(2)13-4-3-10-5-8(6-10)9(11)12/h7-8H,3-6H2,1-2H3,(H,11,12). The zero-order chi connectivity index (χ0) is 9.84. The SMILES string of the molecule is CC(C)OCCN1CC(C(=O)O)C1. The van der Waals surface area contributed by atoms with E-state index < -0.39 is 5.97 Å². The van der Waals surface area contributed by atoms with Crippen LogP contribution in [0.3, 0.4) is 0 Å². The molecule has 0 spiro atoms. The number of aliphatic carboxylic acids is 1. The first-order chi connectivity index (χ1) is 6.09. The maximum absolute atomic E-state index is 10.5. The summed E-state index contributed by atoms with van der Waals surface area (Å²) in [7, 11) is 0. The van der Waals surface area contributed by atoms with Gasteiger partial charge in [-0.25, -0.2) is 0 Å². The van der Waals surface area contributed by atoms with Crippen LogP contribution in [-0.4, -0.2) is 48.3 Å². The molecule has 0 aromatic carbocycles. The summed E-state index contributed by atoms with van der Waals surface area (Å²) in [6, 6.07) is 0. The number of hydrogen-bond donors (Lipinski definition) is 1. The van der Waals surface area contributed by atoms with Crippen LogP contribution in [0, 0.1) is 5.92 Å². The highest BCUT2D eigenvalue weighted by atomic mass is 16.5. The van der Waals surface area contributed by atoms with Crippen LogP contribution in [0.25, 0.3) is 0 Å². The molecule has 1 N–H and O–H groups in total. The second-order valence-electron chi connectivity index (χ2n) is 3.71. The van der Waals surface area contributed by atoms with Crippen molar-refractivity contribution >= 4 is 5.97 Å². The zero-order valence-corrected chi connectivity index (χ0v) is 8.19. The molecule has 1 aliphatic heterocycles. The largest absolute Gasteiger partial charge is 0.481 e. The first-order valence-corrected chi connectivity index (χ1v) is 4.66. The Morgan fingerprint density at radius 1 is 1.62 bits per heavy atom. The Balaban J connectivity index is 1.99. The summed E-state index contributed by atoms with van der Waals surface area (Å²) in [5.74, 6) is -0.833. The lowest BCUT2D eigenvalue weighted by molar-refractivity contribution is -0.147. The molecule has 0 aromatic rings. The van der Waals surface area contributed by atoms with Crippen molar-refractivity contribution in [3.8, 4) is 0 Å². The van der Waals surface area contributed by atoms with Crippen LogP contribution < -0.4 is 0 Å². The highest BCUT2D eigenvalue weighted by Gasteiger charge is 2.31. The molecule has 1 aliphatic rings. The van der Waals surface area contributed by atoms with Crippen LogP contribution in [-0.2, 0) is 9.53 Å². The third kappa shape index (κ3) is 3.32. The molecule has 0 saturated carbocycles. The van der Waals surface area contributed by atoms with Crippen molar-refractivity contribution in [2.45, 2.75) is 20.0 Å². The van der Waals surface area contributed by atoms with Gasteiger partial charge in [-0.2, -0.15) is 0 Å². The van der Waals surface area contributed by atoms with Crippen LogP contribution in [0.15, 0.2) is 0 Å². The zero-order valence-electron chi connectivity index (χ0n) is 8.19. The predicted octanol–water partition coefficient (Wildman–Crippen LogP) is 0.428. The lowest BCUT2D eigenvalue weighted by atomic mass is 10.0. The Morgan fingerprint density at radius 2 is 2.23 bits per heavy atom. The summed E-state index contributed by atoms with van der Waals surface area (Å²) in [6.07, 6.45) is 0.261. The van der Waals surface area contributed by atoms with Crippen molar-refractivity contribution in [3.05, 3.63) is 0 Å². The molecule has 1 heterocycles. The fourth-order valence-electron chi connectivity index (χ4n) is 1.33. The van der Waals surface area contributed by atoms with E-state index in [1.165, 1.54) is 0 Å². The molecule has 76 valence electrons. The molecule has 1 saturated heterocycles. The predicted molar refractivity (Wildman–Crippen MR) is 48.7 cm³/mol. The summed E-state index contributed by atoms with van der Waals surface area (Å²) in [5.41, 5.74) is 0. The molecule has 4 heteroatoms. The lowest BCUT2D eigenvalue weighted by Crippen LogP contribution is -2.51. The van der Waals surface area contributed by atoms with E-state index in [-0.39, 0.29) is 12.0 Å². The van der Waals surface area contributed by atoms with Crippen molar-refractivity contribution in [1.29, 1.82) is 0 Å². The maximum Gasteiger partial charge on any atom is 0.309 e. The van der Waals surface area contributed by atoms with Gasteiger partial charge >= 0.3 is 5.97 Å². The van der Waals surface area contributed by atoms with Crippen molar-refractivity contribution in [1.82, 2.24) is 4.90 Å². The number of hydrogen-bond acceptors (Lipinski definition) is 3. The lowest BCUT2D eigenvalue weighted by Gasteiger charge is -2.36. The number of nitrogens with zero attached hydrogens (tertiary/aromatic N) is 1. The third-order valence-corrected chi connectivity index (χ3v) is 2.17. The quantitative estimate of drug-likeness (QED) is 0.678. The van der Waals surface area contributed by atoms with Crippen LogP contribution >= 0.6 is 0 Å². The summed E-state index contributed by atoms with van der Waals surface area (Å²) in [4.78, 5) is 12.5. The van der Waals surface area contributed by atoms with E-state index in [1.807, 2.05) is 13.8 Å². The van der Waals surface area contributed by atoms with Crippen molar-refractivity contribution in [2.75, 3.05) is 26.2 Å². The van der Waals surface area contributed by atoms with E-state index in [0.29, 0.717) is 19.7 Å². The second kappa shape index (κ2) is 4.58. The maximum atomic E-state index is 10.5. The molecular weight excluding hydrogens is 170 g/mol. The molecule has 0 radical (unpaired) electrons. The number of rotatable bonds is 5. The van der Waals surface area contributed by atoms with Crippen molar-refractivity contribution in [2.24, 2.45) is 5.92 Å². The van der Waals surface area contributed by atoms with E-state index in [4.69, 9.17) is 9.84 Å². The smallest absolute Gasteiger partial charge is 0.309 e.